The molecule has 0 bridgehead atoms. The highest BCUT2D eigenvalue weighted by Crippen LogP contribution is 2.31. The molecule has 0 saturated carbocycles. The third-order valence-electron chi connectivity index (χ3n) is 2.24. The van der Waals surface area contributed by atoms with Crippen LogP contribution in [-0.2, 0) is 0 Å². The summed E-state index contributed by atoms with van der Waals surface area (Å²) in [4.78, 5) is 5.29. The third kappa shape index (κ3) is 2.74. The molecule has 0 spiro atoms. The molecule has 16 heavy (non-hydrogen) atoms. The minimum atomic E-state index is 0.980. The summed E-state index contributed by atoms with van der Waals surface area (Å²) in [5, 5.41) is 0.980. The largest absolute Gasteiger partial charge is 0.250 e. The maximum atomic E-state index is 4.26. The summed E-state index contributed by atoms with van der Waals surface area (Å²) in [6.45, 7) is 6.15. The Bertz CT molecular complexity index is 474. The summed E-state index contributed by atoms with van der Waals surface area (Å²) in [6.07, 6.45) is 1.80. The van der Waals surface area contributed by atoms with Crippen molar-refractivity contribution in [1.82, 2.24) is 4.98 Å². The van der Waals surface area contributed by atoms with Crippen LogP contribution in [0.5, 0.6) is 0 Å². The molecule has 2 heteroatoms. The normalized spacial score (nSPS) is 10.1. The third-order valence-corrected chi connectivity index (χ3v) is 3.17. The molecule has 1 aromatic heterocycles. The predicted octanol–water partition coefficient (Wildman–Crippen LogP) is 4.15. The quantitative estimate of drug-likeness (QED) is 0.730. The highest BCUT2D eigenvalue weighted by Gasteiger charge is 2.01. The van der Waals surface area contributed by atoms with E-state index in [9.17, 15) is 0 Å². The first kappa shape index (κ1) is 11.0. The number of aryl methyl sites for hydroxylation is 1. The second kappa shape index (κ2) is 4.99. The van der Waals surface area contributed by atoms with Gasteiger partial charge in [-0.25, -0.2) is 4.98 Å². The van der Waals surface area contributed by atoms with Gasteiger partial charge in [-0.05, 0) is 24.6 Å². The first-order chi connectivity index (χ1) is 7.75. The smallest absolute Gasteiger partial charge is 0.101 e. The molecule has 0 aliphatic rings. The van der Waals surface area contributed by atoms with Crippen molar-refractivity contribution in [3.8, 4) is 0 Å². The van der Waals surface area contributed by atoms with Crippen LogP contribution < -0.4 is 0 Å². The van der Waals surface area contributed by atoms with Crippen LogP contribution in [0.25, 0.3) is 4.91 Å². The Morgan fingerprint density at radius 2 is 1.88 bits per heavy atom. The van der Waals surface area contributed by atoms with Crippen molar-refractivity contribution in [1.29, 1.82) is 0 Å². The predicted molar refractivity (Wildman–Crippen MR) is 70.3 cm³/mol. The molecule has 1 aromatic carbocycles. The summed E-state index contributed by atoms with van der Waals surface area (Å²) in [7, 11) is 0. The second-order valence-corrected chi connectivity index (χ2v) is 4.67. The first-order valence-electron chi connectivity index (χ1n) is 5.10. The highest BCUT2D eigenvalue weighted by molar-refractivity contribution is 8.08. The molecule has 1 nitrogen and oxygen atoms in total. The van der Waals surface area contributed by atoms with E-state index in [1.807, 2.05) is 18.2 Å². The first-order valence-corrected chi connectivity index (χ1v) is 5.92. The summed E-state index contributed by atoms with van der Waals surface area (Å²) in [5.41, 5.74) is 2.42. The molecular formula is C14H13NS. The maximum absolute atomic E-state index is 4.26. The summed E-state index contributed by atoms with van der Waals surface area (Å²) < 4.78 is 0. The summed E-state index contributed by atoms with van der Waals surface area (Å²) >= 11 is 1.60. The Labute approximate surface area is 100 Å². The van der Waals surface area contributed by atoms with Crippen LogP contribution in [0.4, 0.5) is 0 Å². The zero-order chi connectivity index (χ0) is 11.4. The zero-order valence-electron chi connectivity index (χ0n) is 9.18. The van der Waals surface area contributed by atoms with E-state index in [1.165, 1.54) is 5.56 Å². The lowest BCUT2D eigenvalue weighted by Crippen LogP contribution is -1.81. The highest BCUT2D eigenvalue weighted by atomic mass is 32.2. The van der Waals surface area contributed by atoms with Gasteiger partial charge in [-0.15, -0.1) is 0 Å². The second-order valence-electron chi connectivity index (χ2n) is 3.56. The Kier molecular flexibility index (Phi) is 3.42. The van der Waals surface area contributed by atoms with Crippen molar-refractivity contribution in [3.05, 3.63) is 66.4 Å². The topological polar surface area (TPSA) is 12.9 Å². The molecule has 0 atom stereocenters. The van der Waals surface area contributed by atoms with Crippen molar-refractivity contribution < 1.29 is 0 Å². The van der Waals surface area contributed by atoms with Gasteiger partial charge in [0.25, 0.3) is 0 Å². The number of thioether (sulfide) groups is 1. The minimum absolute atomic E-state index is 0.980. The van der Waals surface area contributed by atoms with Crippen molar-refractivity contribution in [2.24, 2.45) is 0 Å². The van der Waals surface area contributed by atoms with E-state index < -0.39 is 0 Å². The van der Waals surface area contributed by atoms with Crippen LogP contribution in [-0.4, -0.2) is 4.98 Å². The Balaban J connectivity index is 2.12. The van der Waals surface area contributed by atoms with E-state index in [-0.39, 0.29) is 0 Å². The van der Waals surface area contributed by atoms with E-state index in [0.29, 0.717) is 0 Å². The van der Waals surface area contributed by atoms with Crippen LogP contribution in [0.15, 0.2) is 60.3 Å². The molecule has 0 N–H and O–H groups in total. The number of benzene rings is 1. The number of hydrogen-bond donors (Lipinski definition) is 0. The monoisotopic (exact) mass is 227 g/mol. The van der Waals surface area contributed by atoms with Crippen LogP contribution in [0, 0.1) is 6.92 Å². The van der Waals surface area contributed by atoms with E-state index >= 15 is 0 Å². The molecule has 80 valence electrons. The van der Waals surface area contributed by atoms with E-state index in [2.05, 4.69) is 42.8 Å². The lowest BCUT2D eigenvalue weighted by atomic mass is 10.1. The van der Waals surface area contributed by atoms with Crippen LogP contribution in [0.2, 0.25) is 0 Å². The fraction of sp³-hybridized carbons (Fsp3) is 0.0714. The molecule has 0 fully saturated rings. The molecule has 2 rings (SSSR count). The number of rotatable bonds is 3. The zero-order valence-corrected chi connectivity index (χ0v) is 10.00. The van der Waals surface area contributed by atoms with Crippen LogP contribution >= 0.6 is 11.8 Å². The molecule has 0 radical (unpaired) electrons. The summed E-state index contributed by atoms with van der Waals surface area (Å²) in [5.74, 6) is 0. The van der Waals surface area contributed by atoms with Crippen LogP contribution in [0.3, 0.4) is 0 Å². The molecule has 2 aromatic rings. The fourth-order valence-electron chi connectivity index (χ4n) is 1.33. The van der Waals surface area contributed by atoms with E-state index in [0.717, 1.165) is 15.5 Å². The van der Waals surface area contributed by atoms with Gasteiger partial charge in [0.05, 0.1) is 0 Å². The van der Waals surface area contributed by atoms with E-state index in [1.54, 1.807) is 18.0 Å². The lowest BCUT2D eigenvalue weighted by Gasteiger charge is -2.05. The molecule has 1 heterocycles. The van der Waals surface area contributed by atoms with Gasteiger partial charge in [-0.2, -0.15) is 0 Å². The van der Waals surface area contributed by atoms with Gasteiger partial charge in [0.15, 0.2) is 0 Å². The van der Waals surface area contributed by atoms with Gasteiger partial charge >= 0.3 is 0 Å². The Hall–Kier alpha value is -1.54. The SMILES string of the molecule is C=C(Sc1ccccn1)c1ccc(C)cc1. The van der Waals surface area contributed by atoms with Crippen molar-refractivity contribution in [3.63, 3.8) is 0 Å². The van der Waals surface area contributed by atoms with Gasteiger partial charge < -0.3 is 0 Å². The fourth-order valence-corrected chi connectivity index (χ4v) is 2.10. The van der Waals surface area contributed by atoms with Crippen LogP contribution in [0.1, 0.15) is 11.1 Å². The van der Waals surface area contributed by atoms with Crippen molar-refractivity contribution in [2.75, 3.05) is 0 Å². The van der Waals surface area contributed by atoms with Gasteiger partial charge in [-0.3, -0.25) is 0 Å². The van der Waals surface area contributed by atoms with Gasteiger partial charge in [-0.1, -0.05) is 54.2 Å². The molecule has 0 aliphatic carbocycles. The van der Waals surface area contributed by atoms with Gasteiger partial charge in [0.1, 0.15) is 5.03 Å². The number of hydrogen-bond acceptors (Lipinski definition) is 2. The minimum Gasteiger partial charge on any atom is -0.250 e. The summed E-state index contributed by atoms with van der Waals surface area (Å²) in [6, 6.07) is 14.3. The molecular weight excluding hydrogens is 214 g/mol. The molecule has 0 aliphatic heterocycles. The molecule has 0 unspecified atom stereocenters. The van der Waals surface area contributed by atoms with Gasteiger partial charge in [0.2, 0.25) is 0 Å². The average Bonchev–Trinajstić information content (AvgIpc) is 2.31. The number of nitrogens with zero attached hydrogens (tertiary/aromatic N) is 1. The molecule has 0 saturated heterocycles. The number of aromatic nitrogens is 1. The van der Waals surface area contributed by atoms with Crippen molar-refractivity contribution in [2.45, 2.75) is 11.9 Å². The maximum Gasteiger partial charge on any atom is 0.101 e. The molecule has 0 amide bonds. The van der Waals surface area contributed by atoms with Gasteiger partial charge in [0, 0.05) is 11.1 Å². The Morgan fingerprint density at radius 1 is 1.12 bits per heavy atom. The number of pyridine rings is 1. The Morgan fingerprint density at radius 3 is 2.50 bits per heavy atom. The standard InChI is InChI=1S/C14H13NS/c1-11-6-8-13(9-7-11)12(2)16-14-5-3-4-10-15-14/h3-10H,2H2,1H3. The lowest BCUT2D eigenvalue weighted by molar-refractivity contribution is 1.14. The average molecular weight is 227 g/mol. The van der Waals surface area contributed by atoms with Crippen molar-refractivity contribution >= 4 is 16.7 Å². The van der Waals surface area contributed by atoms with E-state index in [4.69, 9.17) is 0 Å².